The molecule has 2 N–H and O–H groups in total. The standard InChI is InChI=1S/C19H21Cl2N3O2/c1-13(11-24(2)12-14-3-6-16(20)7-4-14)23-19-17(21)9-15(10-22-19)5-8-18(25)26/h3-10,13H,11-12H2,1-2H3,(H,22,23)(H,25,26)/b8-5+/t13-/m1/s1. The number of hydrogen-bond donors (Lipinski definition) is 2. The fourth-order valence-electron chi connectivity index (χ4n) is 2.53. The van der Waals surface area contributed by atoms with Crippen LogP contribution < -0.4 is 5.32 Å². The van der Waals surface area contributed by atoms with Gasteiger partial charge in [0.05, 0.1) is 5.02 Å². The van der Waals surface area contributed by atoms with Crippen molar-refractivity contribution >= 4 is 41.1 Å². The summed E-state index contributed by atoms with van der Waals surface area (Å²) in [7, 11) is 2.04. The molecule has 0 radical (unpaired) electrons. The van der Waals surface area contributed by atoms with Crippen LogP contribution >= 0.6 is 23.2 Å². The molecule has 0 aliphatic heterocycles. The molecule has 2 rings (SSSR count). The number of benzene rings is 1. The van der Waals surface area contributed by atoms with Crippen LogP contribution in [0.2, 0.25) is 10.0 Å². The zero-order valence-electron chi connectivity index (χ0n) is 14.6. The Balaban J connectivity index is 1.91. The van der Waals surface area contributed by atoms with E-state index in [0.29, 0.717) is 16.4 Å². The van der Waals surface area contributed by atoms with Gasteiger partial charge in [0.2, 0.25) is 0 Å². The molecule has 5 nitrogen and oxygen atoms in total. The quantitative estimate of drug-likeness (QED) is 0.649. The SMILES string of the molecule is C[C@H](CN(C)Cc1ccc(Cl)cc1)Nc1ncc(/C=C/C(=O)O)cc1Cl. The Hall–Kier alpha value is -2.08. The Morgan fingerprint density at radius 1 is 1.35 bits per heavy atom. The number of nitrogens with zero attached hydrogens (tertiary/aromatic N) is 2. The molecule has 138 valence electrons. The van der Waals surface area contributed by atoms with Gasteiger partial charge >= 0.3 is 5.97 Å². The van der Waals surface area contributed by atoms with Crippen molar-refractivity contribution in [2.45, 2.75) is 19.5 Å². The van der Waals surface area contributed by atoms with E-state index in [1.165, 1.54) is 11.6 Å². The largest absolute Gasteiger partial charge is 0.478 e. The van der Waals surface area contributed by atoms with Crippen LogP contribution in [0.5, 0.6) is 0 Å². The number of carboxylic acid groups (broad SMARTS) is 1. The molecule has 0 fully saturated rings. The summed E-state index contributed by atoms with van der Waals surface area (Å²) in [5, 5.41) is 13.1. The number of aliphatic carboxylic acids is 1. The molecule has 0 aliphatic carbocycles. The molecule has 2 aromatic rings. The molecule has 1 aromatic heterocycles. The highest BCUT2D eigenvalue weighted by atomic mass is 35.5. The molecule has 1 aromatic carbocycles. The van der Waals surface area contributed by atoms with Crippen molar-refractivity contribution in [3.8, 4) is 0 Å². The summed E-state index contributed by atoms with van der Waals surface area (Å²) in [5.41, 5.74) is 1.82. The van der Waals surface area contributed by atoms with E-state index in [0.717, 1.165) is 24.2 Å². The number of carboxylic acids is 1. The Kier molecular flexibility index (Phi) is 7.45. The minimum atomic E-state index is -1.01. The molecule has 1 atom stereocenters. The van der Waals surface area contributed by atoms with Gasteiger partial charge in [-0.15, -0.1) is 0 Å². The van der Waals surface area contributed by atoms with Gasteiger partial charge in [0.15, 0.2) is 0 Å². The summed E-state index contributed by atoms with van der Waals surface area (Å²) in [5.74, 6) is -0.438. The van der Waals surface area contributed by atoms with Crippen LogP contribution in [0.4, 0.5) is 5.82 Å². The summed E-state index contributed by atoms with van der Waals surface area (Å²) in [6, 6.07) is 9.60. The van der Waals surface area contributed by atoms with Crippen LogP contribution in [-0.2, 0) is 11.3 Å². The summed E-state index contributed by atoms with van der Waals surface area (Å²) >= 11 is 12.1. The number of carbonyl (C=O) groups is 1. The lowest BCUT2D eigenvalue weighted by Gasteiger charge is -2.23. The molecule has 7 heteroatoms. The molecule has 1 heterocycles. The molecular weight excluding hydrogens is 373 g/mol. The first kappa shape index (κ1) is 20.2. The average Bonchev–Trinajstić information content (AvgIpc) is 2.57. The fraction of sp³-hybridized carbons (Fsp3) is 0.263. The second kappa shape index (κ2) is 9.57. The zero-order valence-corrected chi connectivity index (χ0v) is 16.1. The van der Waals surface area contributed by atoms with E-state index in [2.05, 4.69) is 22.1 Å². The van der Waals surface area contributed by atoms with Crippen molar-refractivity contribution in [2.24, 2.45) is 0 Å². The Labute approximate surface area is 163 Å². The maximum atomic E-state index is 10.6. The molecule has 0 aliphatic rings. The second-order valence-electron chi connectivity index (χ2n) is 6.14. The second-order valence-corrected chi connectivity index (χ2v) is 6.98. The van der Waals surface area contributed by atoms with Gasteiger partial charge in [0.1, 0.15) is 5.82 Å². The number of rotatable bonds is 8. The number of likely N-dealkylation sites (N-methyl/N-ethyl adjacent to an activating group) is 1. The smallest absolute Gasteiger partial charge is 0.328 e. The third-order valence-electron chi connectivity index (χ3n) is 3.62. The number of anilines is 1. The maximum absolute atomic E-state index is 10.6. The van der Waals surface area contributed by atoms with Gasteiger partial charge < -0.3 is 15.3 Å². The van der Waals surface area contributed by atoms with Crippen molar-refractivity contribution in [2.75, 3.05) is 18.9 Å². The monoisotopic (exact) mass is 393 g/mol. The Morgan fingerprint density at radius 3 is 2.65 bits per heavy atom. The van der Waals surface area contributed by atoms with Gasteiger partial charge in [0, 0.05) is 36.4 Å². The van der Waals surface area contributed by atoms with Crippen molar-refractivity contribution in [3.05, 3.63) is 63.8 Å². The first-order valence-corrected chi connectivity index (χ1v) is 8.85. The lowest BCUT2D eigenvalue weighted by molar-refractivity contribution is -0.131. The van der Waals surface area contributed by atoms with Gasteiger partial charge in [-0.25, -0.2) is 9.78 Å². The maximum Gasteiger partial charge on any atom is 0.328 e. The molecule has 0 amide bonds. The van der Waals surface area contributed by atoms with Crippen molar-refractivity contribution in [3.63, 3.8) is 0 Å². The summed E-state index contributed by atoms with van der Waals surface area (Å²) < 4.78 is 0. The van der Waals surface area contributed by atoms with Crippen LogP contribution in [0.1, 0.15) is 18.1 Å². The summed E-state index contributed by atoms with van der Waals surface area (Å²) in [4.78, 5) is 17.0. The van der Waals surface area contributed by atoms with Crippen LogP contribution in [0, 0.1) is 0 Å². The number of halogens is 2. The molecule has 26 heavy (non-hydrogen) atoms. The van der Waals surface area contributed by atoms with E-state index in [1.807, 2.05) is 31.3 Å². The third kappa shape index (κ3) is 6.67. The first-order chi connectivity index (χ1) is 12.3. The molecule has 0 unspecified atom stereocenters. The van der Waals surface area contributed by atoms with E-state index in [1.54, 1.807) is 12.3 Å². The minimum Gasteiger partial charge on any atom is -0.478 e. The van der Waals surface area contributed by atoms with E-state index in [9.17, 15) is 4.79 Å². The Morgan fingerprint density at radius 2 is 2.04 bits per heavy atom. The highest BCUT2D eigenvalue weighted by molar-refractivity contribution is 6.33. The van der Waals surface area contributed by atoms with E-state index < -0.39 is 5.97 Å². The number of aromatic nitrogens is 1. The molecular formula is C19H21Cl2N3O2. The molecule has 0 spiro atoms. The predicted octanol–water partition coefficient (Wildman–Crippen LogP) is 4.42. The topological polar surface area (TPSA) is 65.5 Å². The van der Waals surface area contributed by atoms with Crippen LogP contribution in [0.3, 0.4) is 0 Å². The predicted molar refractivity (Wildman–Crippen MR) is 107 cm³/mol. The molecule has 0 bridgehead atoms. The van der Waals surface area contributed by atoms with E-state index >= 15 is 0 Å². The Bertz CT molecular complexity index is 779. The lowest BCUT2D eigenvalue weighted by Crippen LogP contribution is -2.32. The number of hydrogen-bond acceptors (Lipinski definition) is 4. The fourth-order valence-corrected chi connectivity index (χ4v) is 2.89. The lowest BCUT2D eigenvalue weighted by atomic mass is 10.2. The van der Waals surface area contributed by atoms with Gasteiger partial charge in [-0.2, -0.15) is 0 Å². The number of pyridine rings is 1. The van der Waals surface area contributed by atoms with Gasteiger partial charge in [-0.3, -0.25) is 0 Å². The van der Waals surface area contributed by atoms with Crippen LogP contribution in [0.15, 0.2) is 42.6 Å². The van der Waals surface area contributed by atoms with Gasteiger partial charge in [-0.05, 0) is 49.4 Å². The zero-order chi connectivity index (χ0) is 19.1. The summed E-state index contributed by atoms with van der Waals surface area (Å²) in [6.07, 6.45) is 4.08. The van der Waals surface area contributed by atoms with Gasteiger partial charge in [0.25, 0.3) is 0 Å². The molecule has 0 saturated carbocycles. The average molecular weight is 394 g/mol. The normalized spacial score (nSPS) is 12.5. The van der Waals surface area contributed by atoms with Crippen molar-refractivity contribution in [1.82, 2.24) is 9.88 Å². The van der Waals surface area contributed by atoms with Crippen molar-refractivity contribution < 1.29 is 9.90 Å². The van der Waals surface area contributed by atoms with E-state index in [4.69, 9.17) is 28.3 Å². The summed E-state index contributed by atoms with van der Waals surface area (Å²) in [6.45, 7) is 3.65. The van der Waals surface area contributed by atoms with Crippen LogP contribution in [-0.4, -0.2) is 40.6 Å². The first-order valence-electron chi connectivity index (χ1n) is 8.09. The van der Waals surface area contributed by atoms with E-state index in [-0.39, 0.29) is 6.04 Å². The highest BCUT2D eigenvalue weighted by Gasteiger charge is 2.10. The molecule has 0 saturated heterocycles. The minimum absolute atomic E-state index is 0.123. The van der Waals surface area contributed by atoms with Crippen LogP contribution in [0.25, 0.3) is 6.08 Å². The third-order valence-corrected chi connectivity index (χ3v) is 4.16. The van der Waals surface area contributed by atoms with Gasteiger partial charge in [-0.1, -0.05) is 35.3 Å². The van der Waals surface area contributed by atoms with Crippen molar-refractivity contribution in [1.29, 1.82) is 0 Å². The number of nitrogens with one attached hydrogen (secondary N) is 1. The highest BCUT2D eigenvalue weighted by Crippen LogP contribution is 2.21.